The molecular weight excluding hydrogens is 368 g/mol. The number of nitrogens with one attached hydrogen (secondary N) is 1. The summed E-state index contributed by atoms with van der Waals surface area (Å²) in [6, 6.07) is 10.8. The maximum Gasteiger partial charge on any atom is 0.311 e. The van der Waals surface area contributed by atoms with Crippen molar-refractivity contribution in [1.82, 2.24) is 0 Å². The minimum absolute atomic E-state index is 0.0531. The van der Waals surface area contributed by atoms with E-state index in [1.165, 1.54) is 39.3 Å². The van der Waals surface area contributed by atoms with Gasteiger partial charge in [-0.05, 0) is 19.1 Å². The van der Waals surface area contributed by atoms with Crippen LogP contribution in [0.25, 0.3) is 0 Å². The van der Waals surface area contributed by atoms with Crippen molar-refractivity contribution >= 4 is 23.3 Å². The van der Waals surface area contributed by atoms with Crippen LogP contribution >= 0.6 is 0 Å². The Morgan fingerprint density at radius 3 is 2.43 bits per heavy atom. The quantitative estimate of drug-likeness (QED) is 0.420. The van der Waals surface area contributed by atoms with Gasteiger partial charge in [0.2, 0.25) is 0 Å². The fourth-order valence-electron chi connectivity index (χ4n) is 2.43. The summed E-state index contributed by atoms with van der Waals surface area (Å²) in [6.45, 7) is 1.42. The highest BCUT2D eigenvalue weighted by atomic mass is 16.6. The van der Waals surface area contributed by atoms with Crippen LogP contribution in [-0.2, 0) is 20.7 Å². The Hall–Kier alpha value is -3.62. The van der Waals surface area contributed by atoms with Crippen molar-refractivity contribution in [1.29, 1.82) is 0 Å². The van der Waals surface area contributed by atoms with Crippen molar-refractivity contribution in [3.05, 3.63) is 58.1 Å². The Kier molecular flexibility index (Phi) is 6.91. The summed E-state index contributed by atoms with van der Waals surface area (Å²) in [7, 11) is 2.82. The SMILES string of the molecule is COc1ccccc1CC(=O)O[C@H](C)C(=O)Nc1ccc([N+](=O)[O-])cc1OC. The molecule has 0 unspecified atom stereocenters. The second kappa shape index (κ2) is 9.36. The number of nitro benzene ring substituents is 1. The second-order valence-electron chi connectivity index (χ2n) is 5.75. The molecule has 0 bridgehead atoms. The zero-order valence-electron chi connectivity index (χ0n) is 15.6. The third-order valence-corrected chi connectivity index (χ3v) is 3.86. The summed E-state index contributed by atoms with van der Waals surface area (Å²) < 4.78 is 15.4. The molecule has 0 aromatic heterocycles. The lowest BCUT2D eigenvalue weighted by molar-refractivity contribution is -0.384. The molecule has 0 heterocycles. The Bertz CT molecular complexity index is 882. The second-order valence-corrected chi connectivity index (χ2v) is 5.75. The van der Waals surface area contributed by atoms with Gasteiger partial charge in [-0.3, -0.25) is 19.7 Å². The van der Waals surface area contributed by atoms with Gasteiger partial charge in [0.1, 0.15) is 11.5 Å². The van der Waals surface area contributed by atoms with E-state index in [1.807, 2.05) is 0 Å². The fourth-order valence-corrected chi connectivity index (χ4v) is 2.43. The van der Waals surface area contributed by atoms with E-state index in [2.05, 4.69) is 5.32 Å². The number of esters is 1. The molecule has 0 spiro atoms. The van der Waals surface area contributed by atoms with Crippen molar-refractivity contribution in [2.75, 3.05) is 19.5 Å². The summed E-state index contributed by atoms with van der Waals surface area (Å²) >= 11 is 0. The molecule has 0 fully saturated rings. The molecule has 0 aliphatic carbocycles. The van der Waals surface area contributed by atoms with Crippen LogP contribution in [0.1, 0.15) is 12.5 Å². The maximum absolute atomic E-state index is 12.3. The topological polar surface area (TPSA) is 117 Å². The van der Waals surface area contributed by atoms with Gasteiger partial charge in [0.05, 0.1) is 37.3 Å². The number of para-hydroxylation sites is 1. The van der Waals surface area contributed by atoms with E-state index in [9.17, 15) is 19.7 Å². The highest BCUT2D eigenvalue weighted by Crippen LogP contribution is 2.29. The Morgan fingerprint density at radius 2 is 1.79 bits per heavy atom. The van der Waals surface area contributed by atoms with E-state index in [1.54, 1.807) is 24.3 Å². The number of non-ortho nitro benzene ring substituents is 1. The third kappa shape index (κ3) is 5.19. The molecule has 0 radical (unpaired) electrons. The lowest BCUT2D eigenvalue weighted by atomic mass is 10.1. The molecule has 9 nitrogen and oxygen atoms in total. The van der Waals surface area contributed by atoms with Crippen LogP contribution < -0.4 is 14.8 Å². The molecule has 28 heavy (non-hydrogen) atoms. The monoisotopic (exact) mass is 388 g/mol. The van der Waals surface area contributed by atoms with E-state index < -0.39 is 22.9 Å². The number of methoxy groups -OCH3 is 2. The number of nitrogens with zero attached hydrogens (tertiary/aromatic N) is 1. The van der Waals surface area contributed by atoms with E-state index >= 15 is 0 Å². The van der Waals surface area contributed by atoms with Gasteiger partial charge in [0.25, 0.3) is 11.6 Å². The summed E-state index contributed by atoms with van der Waals surface area (Å²) in [4.78, 5) is 34.7. The highest BCUT2D eigenvalue weighted by Gasteiger charge is 2.21. The van der Waals surface area contributed by atoms with E-state index in [0.717, 1.165) is 0 Å². The average molecular weight is 388 g/mol. The minimum Gasteiger partial charge on any atom is -0.496 e. The van der Waals surface area contributed by atoms with Gasteiger partial charge in [-0.25, -0.2) is 0 Å². The normalized spacial score (nSPS) is 11.2. The van der Waals surface area contributed by atoms with Gasteiger partial charge < -0.3 is 19.5 Å². The van der Waals surface area contributed by atoms with E-state index in [0.29, 0.717) is 11.3 Å². The number of carbonyl (C=O) groups is 2. The number of amides is 1. The Labute approximate surface area is 161 Å². The number of ether oxygens (including phenoxy) is 3. The van der Waals surface area contributed by atoms with Crippen molar-refractivity contribution in [2.45, 2.75) is 19.4 Å². The van der Waals surface area contributed by atoms with Crippen LogP contribution in [-0.4, -0.2) is 37.1 Å². The molecule has 1 atom stereocenters. The first kappa shape index (κ1) is 20.7. The van der Waals surface area contributed by atoms with Gasteiger partial charge >= 0.3 is 5.97 Å². The first-order valence-electron chi connectivity index (χ1n) is 8.30. The first-order valence-corrected chi connectivity index (χ1v) is 8.30. The van der Waals surface area contributed by atoms with E-state index in [-0.39, 0.29) is 23.5 Å². The molecule has 1 amide bonds. The largest absolute Gasteiger partial charge is 0.496 e. The number of benzene rings is 2. The predicted octanol–water partition coefficient (Wildman–Crippen LogP) is 2.72. The van der Waals surface area contributed by atoms with Crippen molar-refractivity contribution in [2.24, 2.45) is 0 Å². The standard InChI is InChI=1S/C19H20N2O7/c1-12(28-18(22)10-13-6-4-5-7-16(13)26-2)19(23)20-15-9-8-14(21(24)25)11-17(15)27-3/h4-9,11-12H,10H2,1-3H3,(H,20,23)/t12-/m1/s1. The molecule has 1 N–H and O–H groups in total. The highest BCUT2D eigenvalue weighted by molar-refractivity contribution is 5.96. The number of hydrogen-bond acceptors (Lipinski definition) is 7. The number of rotatable bonds is 8. The summed E-state index contributed by atoms with van der Waals surface area (Å²) in [5.41, 5.74) is 0.691. The molecule has 0 aliphatic heterocycles. The van der Waals surface area contributed by atoms with Gasteiger partial charge in [-0.1, -0.05) is 18.2 Å². The average Bonchev–Trinajstić information content (AvgIpc) is 2.68. The molecule has 9 heteroatoms. The molecule has 2 rings (SSSR count). The molecule has 0 aliphatic rings. The summed E-state index contributed by atoms with van der Waals surface area (Å²) in [5.74, 6) is -0.523. The van der Waals surface area contributed by atoms with E-state index in [4.69, 9.17) is 14.2 Å². The van der Waals surface area contributed by atoms with Crippen molar-refractivity contribution in [3.63, 3.8) is 0 Å². The minimum atomic E-state index is -1.08. The Morgan fingerprint density at radius 1 is 1.11 bits per heavy atom. The van der Waals surface area contributed by atoms with Crippen molar-refractivity contribution in [3.8, 4) is 11.5 Å². The number of anilines is 1. The molecule has 0 saturated carbocycles. The van der Waals surface area contributed by atoms with Crippen LogP contribution in [0.5, 0.6) is 11.5 Å². The van der Waals surface area contributed by atoms with Gasteiger partial charge in [-0.2, -0.15) is 0 Å². The van der Waals surface area contributed by atoms with Crippen molar-refractivity contribution < 1.29 is 28.7 Å². The Balaban J connectivity index is 2.01. The smallest absolute Gasteiger partial charge is 0.311 e. The van der Waals surface area contributed by atoms with Crippen LogP contribution in [0.3, 0.4) is 0 Å². The zero-order valence-corrected chi connectivity index (χ0v) is 15.6. The number of carbonyl (C=O) groups excluding carboxylic acids is 2. The van der Waals surface area contributed by atoms with Crippen LogP contribution in [0.15, 0.2) is 42.5 Å². The molecule has 2 aromatic rings. The van der Waals surface area contributed by atoms with Gasteiger partial charge in [-0.15, -0.1) is 0 Å². The maximum atomic E-state index is 12.3. The first-order chi connectivity index (χ1) is 13.3. The third-order valence-electron chi connectivity index (χ3n) is 3.86. The number of nitro groups is 1. The van der Waals surface area contributed by atoms with Gasteiger partial charge in [0.15, 0.2) is 6.10 Å². The fraction of sp³-hybridized carbons (Fsp3) is 0.263. The van der Waals surface area contributed by atoms with Crippen LogP contribution in [0.2, 0.25) is 0 Å². The molecule has 0 saturated heterocycles. The lowest BCUT2D eigenvalue weighted by Gasteiger charge is -2.15. The molecule has 2 aromatic carbocycles. The van der Waals surface area contributed by atoms with Crippen LogP contribution in [0.4, 0.5) is 11.4 Å². The number of hydrogen-bond donors (Lipinski definition) is 1. The zero-order chi connectivity index (χ0) is 20.7. The van der Waals surface area contributed by atoms with Gasteiger partial charge in [0, 0.05) is 11.6 Å². The summed E-state index contributed by atoms with van der Waals surface area (Å²) in [6.07, 6.45) is -1.13. The van der Waals surface area contributed by atoms with Crippen LogP contribution in [0, 0.1) is 10.1 Å². The lowest BCUT2D eigenvalue weighted by Crippen LogP contribution is -2.30. The summed E-state index contributed by atoms with van der Waals surface area (Å²) in [5, 5.41) is 13.4. The predicted molar refractivity (Wildman–Crippen MR) is 101 cm³/mol. The molecule has 148 valence electrons. The molecular formula is C19H20N2O7.